The Morgan fingerprint density at radius 2 is 2.14 bits per heavy atom. The summed E-state index contributed by atoms with van der Waals surface area (Å²) in [6.45, 7) is 4.04. The number of hydrogen-bond acceptors (Lipinski definition) is 6. The van der Waals surface area contributed by atoms with Gasteiger partial charge in [-0.1, -0.05) is 30.7 Å². The molecule has 0 amide bonds. The fourth-order valence-corrected chi connectivity index (χ4v) is 3.76. The minimum atomic E-state index is -0.257. The molecule has 0 bridgehead atoms. The van der Waals surface area contributed by atoms with Crippen LogP contribution in [0.1, 0.15) is 12.5 Å². The molecule has 0 saturated carbocycles. The molecule has 4 rings (SSSR count). The maximum absolute atomic E-state index is 12.0. The van der Waals surface area contributed by atoms with E-state index in [1.165, 1.54) is 7.11 Å². The third-order valence-corrected chi connectivity index (χ3v) is 5.41. The Labute approximate surface area is 169 Å². The van der Waals surface area contributed by atoms with Crippen LogP contribution in [-0.4, -0.2) is 49.5 Å². The lowest BCUT2D eigenvalue weighted by Gasteiger charge is -2.37. The van der Waals surface area contributed by atoms with Crippen LogP contribution in [0.5, 0.6) is 11.5 Å². The first kappa shape index (κ1) is 18.8. The van der Waals surface area contributed by atoms with Gasteiger partial charge in [-0.15, -0.1) is 0 Å². The molecule has 2 heterocycles. The number of esters is 1. The number of para-hydroxylation sites is 1. The van der Waals surface area contributed by atoms with Crippen molar-refractivity contribution in [3.05, 3.63) is 53.1 Å². The fraction of sp³-hybridized carbons (Fsp3) is 0.333. The van der Waals surface area contributed by atoms with Crippen LogP contribution in [0.3, 0.4) is 0 Å². The lowest BCUT2D eigenvalue weighted by atomic mass is 9.99. The Kier molecular flexibility index (Phi) is 5.24. The number of aliphatic imine (C=N–C) groups is 1. The van der Waals surface area contributed by atoms with E-state index in [-0.39, 0.29) is 17.9 Å². The summed E-state index contributed by atoms with van der Waals surface area (Å²) >= 11 is 6.19. The maximum Gasteiger partial charge on any atom is 0.310 e. The van der Waals surface area contributed by atoms with E-state index in [9.17, 15) is 4.79 Å². The number of nitrogens with one attached hydrogen (secondary N) is 1. The van der Waals surface area contributed by atoms with Gasteiger partial charge >= 0.3 is 5.97 Å². The lowest BCUT2D eigenvalue weighted by molar-refractivity contribution is -0.146. The van der Waals surface area contributed by atoms with Gasteiger partial charge in [-0.25, -0.2) is 4.99 Å². The molecule has 2 aromatic rings. The van der Waals surface area contributed by atoms with E-state index in [1.807, 2.05) is 37.3 Å². The number of methoxy groups -OCH3 is 1. The number of halogens is 1. The monoisotopic (exact) mass is 399 g/mol. The molecule has 1 saturated heterocycles. The average molecular weight is 400 g/mol. The minimum Gasteiger partial charge on any atom is -0.469 e. The Bertz CT molecular complexity index is 931. The van der Waals surface area contributed by atoms with Crippen LogP contribution >= 0.6 is 11.6 Å². The molecule has 0 spiro atoms. The third kappa shape index (κ3) is 3.57. The second-order valence-electron chi connectivity index (χ2n) is 6.96. The second-order valence-corrected chi connectivity index (χ2v) is 7.40. The summed E-state index contributed by atoms with van der Waals surface area (Å²) in [7, 11) is 1.42. The lowest BCUT2D eigenvalue weighted by Crippen LogP contribution is -2.56. The predicted molar refractivity (Wildman–Crippen MR) is 109 cm³/mol. The molecule has 6 nitrogen and oxygen atoms in total. The molecule has 0 aromatic heterocycles. The molecule has 0 aliphatic carbocycles. The first-order chi connectivity index (χ1) is 13.6. The standard InChI is InChI=1S/C21H22ClN3O3/c1-13(21(26)27-2)17-12-25(10-9-23-17)20-15-5-3-4-6-18(15)28-19-8-7-14(22)11-16(19)24-20/h3-8,11,13,17,23H,9-10,12H2,1-2H3/t13-,17-/m1/s1. The predicted octanol–water partition coefficient (Wildman–Crippen LogP) is 3.61. The smallest absolute Gasteiger partial charge is 0.310 e. The highest BCUT2D eigenvalue weighted by atomic mass is 35.5. The van der Waals surface area contributed by atoms with Gasteiger partial charge in [0.15, 0.2) is 5.75 Å². The van der Waals surface area contributed by atoms with E-state index in [0.717, 1.165) is 30.2 Å². The van der Waals surface area contributed by atoms with Gasteiger partial charge in [0.1, 0.15) is 17.3 Å². The number of carbonyl (C=O) groups is 1. The molecule has 0 radical (unpaired) electrons. The molecule has 7 heteroatoms. The number of benzene rings is 2. The molecule has 2 aliphatic rings. The first-order valence-electron chi connectivity index (χ1n) is 9.28. The van der Waals surface area contributed by atoms with Crippen LogP contribution < -0.4 is 10.1 Å². The zero-order valence-corrected chi connectivity index (χ0v) is 16.6. The van der Waals surface area contributed by atoms with E-state index in [1.54, 1.807) is 12.1 Å². The van der Waals surface area contributed by atoms with Gasteiger partial charge in [-0.05, 0) is 30.3 Å². The summed E-state index contributed by atoms with van der Waals surface area (Å²) in [5, 5.41) is 4.03. The second kappa shape index (κ2) is 7.81. The third-order valence-electron chi connectivity index (χ3n) is 5.18. The van der Waals surface area contributed by atoms with Gasteiger partial charge < -0.3 is 19.7 Å². The van der Waals surface area contributed by atoms with Crippen molar-refractivity contribution >= 4 is 29.1 Å². The molecular formula is C21H22ClN3O3. The minimum absolute atomic E-state index is 0.0286. The van der Waals surface area contributed by atoms with Crippen LogP contribution in [-0.2, 0) is 9.53 Å². The Morgan fingerprint density at radius 3 is 2.96 bits per heavy atom. The van der Waals surface area contributed by atoms with E-state index in [4.69, 9.17) is 26.1 Å². The molecule has 28 heavy (non-hydrogen) atoms. The molecule has 0 unspecified atom stereocenters. The largest absolute Gasteiger partial charge is 0.469 e. The van der Waals surface area contributed by atoms with Crippen LogP contribution in [0.4, 0.5) is 5.69 Å². The summed E-state index contributed by atoms with van der Waals surface area (Å²) in [4.78, 5) is 19.1. The number of rotatable bonds is 2. The number of hydrogen-bond donors (Lipinski definition) is 1. The topological polar surface area (TPSA) is 63.2 Å². The summed E-state index contributed by atoms with van der Waals surface area (Å²) in [6.07, 6.45) is 0. The van der Waals surface area contributed by atoms with Crippen LogP contribution in [0.25, 0.3) is 0 Å². The van der Waals surface area contributed by atoms with Gasteiger partial charge in [0.05, 0.1) is 18.6 Å². The van der Waals surface area contributed by atoms with Gasteiger partial charge in [-0.3, -0.25) is 4.79 Å². The number of amidine groups is 1. The molecule has 2 aromatic carbocycles. The molecule has 1 N–H and O–H groups in total. The highest BCUT2D eigenvalue weighted by molar-refractivity contribution is 6.31. The fourth-order valence-electron chi connectivity index (χ4n) is 3.59. The van der Waals surface area contributed by atoms with Crippen LogP contribution in [0, 0.1) is 5.92 Å². The van der Waals surface area contributed by atoms with Gasteiger partial charge in [0.25, 0.3) is 0 Å². The first-order valence-corrected chi connectivity index (χ1v) is 9.66. The summed E-state index contributed by atoms with van der Waals surface area (Å²) in [5.74, 6) is 1.76. The van der Waals surface area contributed by atoms with Gasteiger partial charge in [0.2, 0.25) is 0 Å². The zero-order valence-electron chi connectivity index (χ0n) is 15.8. The number of carbonyl (C=O) groups excluding carboxylic acids is 1. The van der Waals surface area contributed by atoms with E-state index in [0.29, 0.717) is 23.0 Å². The number of nitrogens with zero attached hydrogens (tertiary/aromatic N) is 2. The maximum atomic E-state index is 12.0. The van der Waals surface area contributed by atoms with Crippen molar-refractivity contribution < 1.29 is 14.3 Å². The summed E-state index contributed by atoms with van der Waals surface area (Å²) in [5.41, 5.74) is 1.61. The highest BCUT2D eigenvalue weighted by Gasteiger charge is 2.32. The zero-order chi connectivity index (χ0) is 19.7. The van der Waals surface area contributed by atoms with Crippen molar-refractivity contribution in [1.82, 2.24) is 10.2 Å². The molecule has 146 valence electrons. The quantitative estimate of drug-likeness (QED) is 0.781. The number of fused-ring (bicyclic) bond motifs is 2. The van der Waals surface area contributed by atoms with Gasteiger partial charge in [-0.2, -0.15) is 0 Å². The molecule has 1 fully saturated rings. The Morgan fingerprint density at radius 1 is 1.32 bits per heavy atom. The van der Waals surface area contributed by atoms with Crippen molar-refractivity contribution in [3.63, 3.8) is 0 Å². The van der Waals surface area contributed by atoms with E-state index < -0.39 is 0 Å². The van der Waals surface area contributed by atoms with Crippen molar-refractivity contribution in [2.75, 3.05) is 26.7 Å². The number of ether oxygens (including phenoxy) is 2. The molecule has 2 aliphatic heterocycles. The van der Waals surface area contributed by atoms with Crippen LogP contribution in [0.2, 0.25) is 5.02 Å². The highest BCUT2D eigenvalue weighted by Crippen LogP contribution is 2.39. The number of piperazine rings is 1. The SMILES string of the molecule is COC(=O)[C@H](C)[C@H]1CN(C2=Nc3cc(Cl)ccc3Oc3ccccc32)CCN1. The van der Waals surface area contributed by atoms with Crippen LogP contribution in [0.15, 0.2) is 47.5 Å². The molecular weight excluding hydrogens is 378 g/mol. The normalized spacial score (nSPS) is 19.5. The van der Waals surface area contributed by atoms with Crippen molar-refractivity contribution in [1.29, 1.82) is 0 Å². The summed E-state index contributed by atoms with van der Waals surface area (Å²) < 4.78 is 11.0. The van der Waals surface area contributed by atoms with E-state index in [2.05, 4.69) is 10.2 Å². The average Bonchev–Trinajstić information content (AvgIpc) is 2.89. The summed E-state index contributed by atoms with van der Waals surface area (Å²) in [6, 6.07) is 13.3. The van der Waals surface area contributed by atoms with E-state index >= 15 is 0 Å². The van der Waals surface area contributed by atoms with Crippen molar-refractivity contribution in [3.8, 4) is 11.5 Å². The van der Waals surface area contributed by atoms with Crippen molar-refractivity contribution in [2.24, 2.45) is 10.9 Å². The van der Waals surface area contributed by atoms with Crippen molar-refractivity contribution in [2.45, 2.75) is 13.0 Å². The van der Waals surface area contributed by atoms with Gasteiger partial charge in [0, 0.05) is 30.7 Å². The molecule has 2 atom stereocenters. The Balaban J connectivity index is 1.73. The Hall–Kier alpha value is -2.57.